The average Bonchev–Trinajstić information content (AvgIpc) is 2.76. The molecule has 0 unspecified atom stereocenters. The van der Waals surface area contributed by atoms with Crippen molar-refractivity contribution in [1.82, 2.24) is 20.1 Å². The highest BCUT2D eigenvalue weighted by atomic mass is 15.4. The molecular weight excluding hydrogens is 248 g/mol. The molecule has 4 saturated carbocycles. The van der Waals surface area contributed by atoms with Crippen molar-refractivity contribution in [3.8, 4) is 0 Å². The summed E-state index contributed by atoms with van der Waals surface area (Å²) >= 11 is 0. The molecular formula is C16H26N4. The third-order valence-electron chi connectivity index (χ3n) is 5.87. The molecule has 4 bridgehead atoms. The molecule has 4 nitrogen and oxygen atoms in total. The van der Waals surface area contributed by atoms with E-state index in [1.165, 1.54) is 37.9 Å². The minimum Gasteiger partial charge on any atom is -0.319 e. The van der Waals surface area contributed by atoms with E-state index < -0.39 is 0 Å². The van der Waals surface area contributed by atoms with E-state index in [9.17, 15) is 0 Å². The lowest BCUT2D eigenvalue weighted by Crippen LogP contribution is -2.46. The maximum absolute atomic E-state index is 4.79. The van der Waals surface area contributed by atoms with E-state index in [0.29, 0.717) is 6.04 Å². The molecule has 4 heteroatoms. The van der Waals surface area contributed by atoms with Crippen molar-refractivity contribution in [2.75, 3.05) is 13.6 Å². The zero-order chi connectivity index (χ0) is 13.7. The van der Waals surface area contributed by atoms with Gasteiger partial charge in [0.15, 0.2) is 0 Å². The molecule has 20 heavy (non-hydrogen) atoms. The molecule has 4 aliphatic rings. The lowest BCUT2D eigenvalue weighted by molar-refractivity contribution is -0.0349. The van der Waals surface area contributed by atoms with Gasteiger partial charge in [-0.05, 0) is 69.7 Å². The minimum absolute atomic E-state index is 0.649. The molecule has 4 aliphatic carbocycles. The summed E-state index contributed by atoms with van der Waals surface area (Å²) in [6.45, 7) is 3.03. The highest BCUT2D eigenvalue weighted by Gasteiger charge is 2.49. The summed E-state index contributed by atoms with van der Waals surface area (Å²) in [4.78, 5) is 4.69. The number of hydrogen-bond acceptors (Lipinski definition) is 3. The molecule has 1 aromatic rings. The van der Waals surface area contributed by atoms with E-state index in [0.717, 1.165) is 42.5 Å². The molecule has 110 valence electrons. The molecule has 0 atom stereocenters. The fraction of sp³-hybridized carbons (Fsp3) is 0.875. The molecule has 1 N–H and O–H groups in total. The Morgan fingerprint density at radius 2 is 1.75 bits per heavy atom. The lowest BCUT2D eigenvalue weighted by Gasteiger charge is -2.54. The summed E-state index contributed by atoms with van der Waals surface area (Å²) in [5.74, 6) is 5.96. The second-order valence-corrected chi connectivity index (χ2v) is 7.29. The fourth-order valence-electron chi connectivity index (χ4n) is 5.42. The predicted molar refractivity (Wildman–Crippen MR) is 78.5 cm³/mol. The van der Waals surface area contributed by atoms with Crippen molar-refractivity contribution < 1.29 is 0 Å². The van der Waals surface area contributed by atoms with Crippen LogP contribution in [0.15, 0.2) is 0 Å². The second kappa shape index (κ2) is 4.83. The van der Waals surface area contributed by atoms with Crippen LogP contribution >= 0.6 is 0 Å². The van der Waals surface area contributed by atoms with Gasteiger partial charge in [0.25, 0.3) is 0 Å². The first-order chi connectivity index (χ1) is 9.74. The number of aromatic nitrogens is 3. The van der Waals surface area contributed by atoms with E-state index in [4.69, 9.17) is 10.1 Å². The van der Waals surface area contributed by atoms with Gasteiger partial charge in [-0.2, -0.15) is 5.10 Å². The largest absolute Gasteiger partial charge is 0.319 e. The normalized spacial score (nSPS) is 38.6. The van der Waals surface area contributed by atoms with Gasteiger partial charge in [0.2, 0.25) is 0 Å². The molecule has 0 saturated heterocycles. The summed E-state index contributed by atoms with van der Waals surface area (Å²) in [6.07, 6.45) is 8.30. The summed E-state index contributed by atoms with van der Waals surface area (Å²) in [5, 5.41) is 8.03. The lowest BCUT2D eigenvalue weighted by atomic mass is 9.54. The van der Waals surface area contributed by atoms with E-state index >= 15 is 0 Å². The predicted octanol–water partition coefficient (Wildman–Crippen LogP) is 2.35. The number of nitrogens with zero attached hydrogens (tertiary/aromatic N) is 3. The van der Waals surface area contributed by atoms with Crippen molar-refractivity contribution in [2.24, 2.45) is 23.7 Å². The van der Waals surface area contributed by atoms with E-state index in [2.05, 4.69) is 10.00 Å². The number of hydrogen-bond donors (Lipinski definition) is 1. The SMILES string of the molecule is CNCCc1nc(C)nn1C1C2CC3CC(C2)CC1C3. The van der Waals surface area contributed by atoms with Crippen LogP contribution in [0.1, 0.15) is 49.8 Å². The van der Waals surface area contributed by atoms with Crippen molar-refractivity contribution in [2.45, 2.75) is 51.5 Å². The summed E-state index contributed by atoms with van der Waals surface area (Å²) in [5.41, 5.74) is 0. The molecule has 1 aromatic heterocycles. The van der Waals surface area contributed by atoms with Crippen molar-refractivity contribution in [1.29, 1.82) is 0 Å². The van der Waals surface area contributed by atoms with Crippen molar-refractivity contribution in [3.05, 3.63) is 11.6 Å². The highest BCUT2D eigenvalue weighted by Crippen LogP contribution is 2.58. The first-order valence-electron chi connectivity index (χ1n) is 8.31. The topological polar surface area (TPSA) is 42.7 Å². The van der Waals surface area contributed by atoms with E-state index in [-0.39, 0.29) is 0 Å². The Hall–Kier alpha value is -0.900. The Bertz CT molecular complexity index is 465. The van der Waals surface area contributed by atoms with Crippen LogP contribution in [0.3, 0.4) is 0 Å². The van der Waals surface area contributed by atoms with Crippen LogP contribution in [0.5, 0.6) is 0 Å². The monoisotopic (exact) mass is 274 g/mol. The van der Waals surface area contributed by atoms with Gasteiger partial charge >= 0.3 is 0 Å². The van der Waals surface area contributed by atoms with Crippen LogP contribution in [0, 0.1) is 30.6 Å². The molecule has 0 aliphatic heterocycles. The first-order valence-corrected chi connectivity index (χ1v) is 8.31. The highest BCUT2D eigenvalue weighted by molar-refractivity contribution is 5.04. The van der Waals surface area contributed by atoms with Crippen molar-refractivity contribution in [3.63, 3.8) is 0 Å². The number of likely N-dealkylation sites (N-methyl/N-ethyl adjacent to an activating group) is 1. The van der Waals surface area contributed by atoms with Gasteiger partial charge in [-0.25, -0.2) is 9.67 Å². The molecule has 4 fully saturated rings. The fourth-order valence-corrected chi connectivity index (χ4v) is 5.42. The van der Waals surface area contributed by atoms with Crippen LogP contribution in [0.25, 0.3) is 0 Å². The quantitative estimate of drug-likeness (QED) is 0.916. The van der Waals surface area contributed by atoms with Crippen LogP contribution in [0.2, 0.25) is 0 Å². The summed E-state index contributed by atoms with van der Waals surface area (Å²) in [6, 6.07) is 0.649. The van der Waals surface area contributed by atoms with Crippen LogP contribution in [-0.2, 0) is 6.42 Å². The van der Waals surface area contributed by atoms with Gasteiger partial charge in [-0.15, -0.1) is 0 Å². The van der Waals surface area contributed by atoms with Gasteiger partial charge < -0.3 is 5.32 Å². The smallest absolute Gasteiger partial charge is 0.147 e. The second-order valence-electron chi connectivity index (χ2n) is 7.29. The standard InChI is InChI=1S/C16H26N4/c1-10-18-15(3-4-17-2)20(19-10)16-13-6-11-5-12(8-13)9-14(16)7-11/h11-14,16-17H,3-9H2,1-2H3. The molecule has 0 spiro atoms. The van der Waals surface area contributed by atoms with Gasteiger partial charge in [0.05, 0.1) is 6.04 Å². The zero-order valence-electron chi connectivity index (χ0n) is 12.7. The number of rotatable bonds is 4. The Balaban J connectivity index is 1.64. The van der Waals surface area contributed by atoms with Gasteiger partial charge in [0.1, 0.15) is 11.6 Å². The Kier molecular flexibility index (Phi) is 3.09. The summed E-state index contributed by atoms with van der Waals surface area (Å²) in [7, 11) is 2.01. The maximum atomic E-state index is 4.79. The Morgan fingerprint density at radius 1 is 1.10 bits per heavy atom. The Morgan fingerprint density at radius 3 is 2.35 bits per heavy atom. The van der Waals surface area contributed by atoms with E-state index in [1.807, 2.05) is 14.0 Å². The average molecular weight is 274 g/mol. The summed E-state index contributed by atoms with van der Waals surface area (Å²) < 4.78 is 2.33. The van der Waals surface area contributed by atoms with Gasteiger partial charge in [0, 0.05) is 13.0 Å². The van der Waals surface area contributed by atoms with Crippen LogP contribution < -0.4 is 5.32 Å². The molecule has 5 rings (SSSR count). The molecule has 0 radical (unpaired) electrons. The molecule has 0 amide bonds. The Labute approximate surface area is 121 Å². The zero-order valence-corrected chi connectivity index (χ0v) is 12.7. The van der Waals surface area contributed by atoms with E-state index in [1.54, 1.807) is 0 Å². The van der Waals surface area contributed by atoms with Crippen LogP contribution in [-0.4, -0.2) is 28.4 Å². The first kappa shape index (κ1) is 12.8. The van der Waals surface area contributed by atoms with Crippen LogP contribution in [0.4, 0.5) is 0 Å². The molecule has 1 heterocycles. The van der Waals surface area contributed by atoms with Gasteiger partial charge in [-0.1, -0.05) is 0 Å². The van der Waals surface area contributed by atoms with Gasteiger partial charge in [-0.3, -0.25) is 0 Å². The third-order valence-corrected chi connectivity index (χ3v) is 5.87. The third kappa shape index (κ3) is 2.00. The molecule has 0 aromatic carbocycles. The number of nitrogens with one attached hydrogen (secondary N) is 1. The minimum atomic E-state index is 0.649. The van der Waals surface area contributed by atoms with Crippen molar-refractivity contribution >= 4 is 0 Å². The number of aryl methyl sites for hydroxylation is 1. The maximum Gasteiger partial charge on any atom is 0.147 e.